The summed E-state index contributed by atoms with van der Waals surface area (Å²) < 4.78 is 5.31. The normalized spacial score (nSPS) is 13.7. The van der Waals surface area contributed by atoms with Crippen LogP contribution < -0.4 is 4.74 Å². The average molecular weight is 375 g/mol. The Morgan fingerprint density at radius 2 is 2.12 bits per heavy atom. The SMILES string of the molecule is COc1ccc(Cl)cc1C(=O)N1CCN=C1SCc1ccccc1C. The van der Waals surface area contributed by atoms with Crippen molar-refractivity contribution in [2.24, 2.45) is 4.99 Å². The minimum Gasteiger partial charge on any atom is -0.496 e. The minimum absolute atomic E-state index is 0.132. The van der Waals surface area contributed by atoms with Gasteiger partial charge in [0.25, 0.3) is 5.91 Å². The molecule has 6 heteroatoms. The number of aryl methyl sites for hydroxylation is 1. The molecule has 0 saturated heterocycles. The van der Waals surface area contributed by atoms with Crippen LogP contribution in [0.1, 0.15) is 21.5 Å². The molecule has 0 spiro atoms. The Morgan fingerprint density at radius 1 is 1.32 bits per heavy atom. The number of nitrogens with zero attached hydrogens (tertiary/aromatic N) is 2. The molecule has 0 radical (unpaired) electrons. The molecule has 0 saturated carbocycles. The molecule has 25 heavy (non-hydrogen) atoms. The van der Waals surface area contributed by atoms with E-state index >= 15 is 0 Å². The molecule has 1 amide bonds. The van der Waals surface area contributed by atoms with Crippen molar-refractivity contribution in [1.29, 1.82) is 0 Å². The number of benzene rings is 2. The Hall–Kier alpha value is -1.98. The molecule has 2 aromatic rings. The van der Waals surface area contributed by atoms with Crippen molar-refractivity contribution in [2.75, 3.05) is 20.2 Å². The van der Waals surface area contributed by atoms with Gasteiger partial charge in [0, 0.05) is 17.3 Å². The molecule has 0 atom stereocenters. The van der Waals surface area contributed by atoms with E-state index in [1.165, 1.54) is 11.1 Å². The first-order valence-electron chi connectivity index (χ1n) is 7.97. The van der Waals surface area contributed by atoms with Crippen LogP contribution in [0.5, 0.6) is 5.75 Å². The van der Waals surface area contributed by atoms with Crippen LogP contribution in [0.15, 0.2) is 47.5 Å². The highest BCUT2D eigenvalue weighted by Crippen LogP contribution is 2.27. The first kappa shape index (κ1) is 17.8. The highest BCUT2D eigenvalue weighted by atomic mass is 35.5. The van der Waals surface area contributed by atoms with E-state index in [2.05, 4.69) is 24.0 Å². The van der Waals surface area contributed by atoms with E-state index in [0.717, 1.165) is 10.9 Å². The maximum Gasteiger partial charge on any atom is 0.263 e. The summed E-state index contributed by atoms with van der Waals surface area (Å²) in [7, 11) is 1.55. The Labute approximate surface area is 156 Å². The van der Waals surface area contributed by atoms with Gasteiger partial charge in [0.1, 0.15) is 5.75 Å². The van der Waals surface area contributed by atoms with E-state index in [1.54, 1.807) is 42.0 Å². The van der Waals surface area contributed by atoms with Gasteiger partial charge in [0.15, 0.2) is 5.17 Å². The highest BCUT2D eigenvalue weighted by molar-refractivity contribution is 8.13. The molecule has 1 heterocycles. The summed E-state index contributed by atoms with van der Waals surface area (Å²) in [5.41, 5.74) is 2.94. The Bertz CT molecular complexity index is 823. The zero-order valence-corrected chi connectivity index (χ0v) is 15.7. The van der Waals surface area contributed by atoms with Gasteiger partial charge >= 0.3 is 0 Å². The molecule has 0 unspecified atom stereocenters. The number of amidine groups is 1. The zero-order chi connectivity index (χ0) is 17.8. The van der Waals surface area contributed by atoms with Gasteiger partial charge in [-0.3, -0.25) is 14.7 Å². The lowest BCUT2D eigenvalue weighted by Gasteiger charge is -2.19. The van der Waals surface area contributed by atoms with Gasteiger partial charge in [-0.25, -0.2) is 0 Å². The van der Waals surface area contributed by atoms with E-state index < -0.39 is 0 Å². The third kappa shape index (κ3) is 3.99. The molecule has 2 aromatic carbocycles. The first-order valence-corrected chi connectivity index (χ1v) is 9.33. The van der Waals surface area contributed by atoms with Crippen LogP contribution in [-0.2, 0) is 5.75 Å². The monoisotopic (exact) mass is 374 g/mol. The van der Waals surface area contributed by atoms with Crippen LogP contribution in [0.25, 0.3) is 0 Å². The maximum atomic E-state index is 13.0. The Kier molecular flexibility index (Phi) is 5.66. The topological polar surface area (TPSA) is 41.9 Å². The number of halogens is 1. The summed E-state index contributed by atoms with van der Waals surface area (Å²) in [5, 5.41) is 1.25. The Balaban J connectivity index is 1.76. The number of carbonyl (C=O) groups excluding carboxylic acids is 1. The van der Waals surface area contributed by atoms with Crippen molar-refractivity contribution < 1.29 is 9.53 Å². The molecular weight excluding hydrogens is 356 g/mol. The number of amides is 1. The second-order valence-corrected chi connectivity index (χ2v) is 7.06. The predicted octanol–water partition coefficient (Wildman–Crippen LogP) is 4.40. The summed E-state index contributed by atoms with van der Waals surface area (Å²) >= 11 is 7.64. The molecule has 0 aromatic heterocycles. The van der Waals surface area contributed by atoms with E-state index in [1.807, 2.05) is 12.1 Å². The molecule has 4 nitrogen and oxygen atoms in total. The van der Waals surface area contributed by atoms with Gasteiger partial charge in [-0.2, -0.15) is 0 Å². The number of carbonyl (C=O) groups is 1. The summed E-state index contributed by atoms with van der Waals surface area (Å²) in [6.45, 7) is 3.28. The standard InChI is InChI=1S/C19H19ClN2O2S/c1-13-5-3-4-6-14(13)12-25-19-21-9-10-22(19)18(23)16-11-15(20)7-8-17(16)24-2/h3-8,11H,9-10,12H2,1-2H3. The summed E-state index contributed by atoms with van der Waals surface area (Å²) in [4.78, 5) is 19.2. The fourth-order valence-corrected chi connectivity index (χ4v) is 3.94. The molecule has 1 aliphatic rings. The molecule has 0 N–H and O–H groups in total. The fourth-order valence-electron chi connectivity index (χ4n) is 2.65. The molecule has 1 aliphatic heterocycles. The van der Waals surface area contributed by atoms with Crippen LogP contribution in [0.4, 0.5) is 0 Å². The molecular formula is C19H19ClN2O2S. The van der Waals surface area contributed by atoms with Crippen LogP contribution >= 0.6 is 23.4 Å². The first-order chi connectivity index (χ1) is 12.1. The number of methoxy groups -OCH3 is 1. The van der Waals surface area contributed by atoms with Crippen molar-refractivity contribution in [3.8, 4) is 5.75 Å². The van der Waals surface area contributed by atoms with Gasteiger partial charge in [0.2, 0.25) is 0 Å². The smallest absolute Gasteiger partial charge is 0.263 e. The number of hydrogen-bond acceptors (Lipinski definition) is 4. The van der Waals surface area contributed by atoms with Crippen LogP contribution in [0.2, 0.25) is 5.02 Å². The van der Waals surface area contributed by atoms with Crippen LogP contribution in [0, 0.1) is 6.92 Å². The van der Waals surface area contributed by atoms with Crippen LogP contribution in [-0.4, -0.2) is 36.2 Å². The third-order valence-electron chi connectivity index (χ3n) is 4.06. The number of thioether (sulfide) groups is 1. The second-order valence-electron chi connectivity index (χ2n) is 5.68. The van der Waals surface area contributed by atoms with Crippen molar-refractivity contribution >= 4 is 34.4 Å². The van der Waals surface area contributed by atoms with E-state index in [4.69, 9.17) is 16.3 Å². The largest absolute Gasteiger partial charge is 0.496 e. The predicted molar refractivity (Wildman–Crippen MR) is 104 cm³/mol. The van der Waals surface area contributed by atoms with Gasteiger partial charge in [-0.15, -0.1) is 0 Å². The van der Waals surface area contributed by atoms with E-state index in [0.29, 0.717) is 29.4 Å². The third-order valence-corrected chi connectivity index (χ3v) is 5.35. The molecule has 0 bridgehead atoms. The van der Waals surface area contributed by atoms with Crippen molar-refractivity contribution in [3.63, 3.8) is 0 Å². The number of hydrogen-bond donors (Lipinski definition) is 0. The quantitative estimate of drug-likeness (QED) is 0.796. The fraction of sp³-hybridized carbons (Fsp3) is 0.263. The molecule has 0 fully saturated rings. The summed E-state index contributed by atoms with van der Waals surface area (Å²) in [6.07, 6.45) is 0. The van der Waals surface area contributed by atoms with Gasteiger partial charge < -0.3 is 4.74 Å². The Morgan fingerprint density at radius 3 is 2.88 bits per heavy atom. The van der Waals surface area contributed by atoms with Gasteiger partial charge in [-0.05, 0) is 36.2 Å². The summed E-state index contributed by atoms with van der Waals surface area (Å²) in [5.74, 6) is 1.17. The van der Waals surface area contributed by atoms with Crippen molar-refractivity contribution in [1.82, 2.24) is 4.90 Å². The average Bonchev–Trinajstić information content (AvgIpc) is 3.09. The van der Waals surface area contributed by atoms with Crippen molar-refractivity contribution in [2.45, 2.75) is 12.7 Å². The number of rotatable bonds is 4. The molecule has 0 aliphatic carbocycles. The van der Waals surface area contributed by atoms with Gasteiger partial charge in [0.05, 0.1) is 19.2 Å². The number of aliphatic imine (C=N–C) groups is 1. The lowest BCUT2D eigenvalue weighted by molar-refractivity contribution is 0.0857. The lowest BCUT2D eigenvalue weighted by atomic mass is 10.1. The van der Waals surface area contributed by atoms with Crippen LogP contribution in [0.3, 0.4) is 0 Å². The minimum atomic E-state index is -0.132. The summed E-state index contributed by atoms with van der Waals surface area (Å²) in [6, 6.07) is 13.3. The van der Waals surface area contributed by atoms with Gasteiger partial charge in [-0.1, -0.05) is 47.6 Å². The zero-order valence-electron chi connectivity index (χ0n) is 14.2. The molecule has 130 valence electrons. The maximum absolute atomic E-state index is 13.0. The lowest BCUT2D eigenvalue weighted by Crippen LogP contribution is -2.33. The van der Waals surface area contributed by atoms with E-state index in [9.17, 15) is 4.79 Å². The van der Waals surface area contributed by atoms with E-state index in [-0.39, 0.29) is 5.91 Å². The molecule has 3 rings (SSSR count). The second kappa shape index (κ2) is 7.93. The van der Waals surface area contributed by atoms with Crippen molar-refractivity contribution in [3.05, 3.63) is 64.2 Å². The highest BCUT2D eigenvalue weighted by Gasteiger charge is 2.27. The number of ether oxygens (including phenoxy) is 1.